The first-order valence-electron chi connectivity index (χ1n) is 13.7. The Hall–Kier alpha value is -3.97. The van der Waals surface area contributed by atoms with Crippen molar-refractivity contribution >= 4 is 40.4 Å². The van der Waals surface area contributed by atoms with Crippen LogP contribution in [0.1, 0.15) is 41.8 Å². The highest BCUT2D eigenvalue weighted by atomic mass is 35.5. The van der Waals surface area contributed by atoms with Gasteiger partial charge in [0.15, 0.2) is 0 Å². The number of hydrogen-bond acceptors (Lipinski definition) is 7. The first-order chi connectivity index (χ1) is 20.3. The number of benzene rings is 1. The summed E-state index contributed by atoms with van der Waals surface area (Å²) in [5, 5.41) is 3.00. The number of amides is 1. The van der Waals surface area contributed by atoms with Crippen LogP contribution in [0.2, 0.25) is 5.02 Å². The van der Waals surface area contributed by atoms with Gasteiger partial charge in [-0.15, -0.1) is 0 Å². The van der Waals surface area contributed by atoms with E-state index in [0.29, 0.717) is 60.9 Å². The van der Waals surface area contributed by atoms with Crippen molar-refractivity contribution in [2.24, 2.45) is 0 Å². The molecule has 9 nitrogen and oxygen atoms in total. The van der Waals surface area contributed by atoms with Gasteiger partial charge in [0.25, 0.3) is 5.91 Å². The number of nitrogens with one attached hydrogen (secondary N) is 2. The lowest BCUT2D eigenvalue weighted by Gasteiger charge is -2.44. The summed E-state index contributed by atoms with van der Waals surface area (Å²) < 4.78 is 57.0. The number of piperazine rings is 1. The summed E-state index contributed by atoms with van der Waals surface area (Å²) in [6, 6.07) is 3.32. The molecule has 0 aliphatic carbocycles. The van der Waals surface area contributed by atoms with Crippen LogP contribution in [0, 0.1) is 5.82 Å². The fourth-order valence-electron chi connectivity index (χ4n) is 5.42. The third-order valence-corrected chi connectivity index (χ3v) is 8.15. The molecule has 1 saturated heterocycles. The molecule has 2 atom stereocenters. The Balaban J connectivity index is 1.52. The Morgan fingerprint density at radius 1 is 1.09 bits per heavy atom. The van der Waals surface area contributed by atoms with Gasteiger partial charge in [-0.2, -0.15) is 13.2 Å². The Labute approximate surface area is 250 Å². The Bertz CT molecular complexity index is 1600. The number of carbonyl (C=O) groups excluding carboxylic acids is 1. The van der Waals surface area contributed by atoms with Gasteiger partial charge in [-0.25, -0.2) is 14.4 Å². The number of aromatic nitrogens is 3. The van der Waals surface area contributed by atoms with Crippen molar-refractivity contribution in [2.45, 2.75) is 38.5 Å². The highest BCUT2D eigenvalue weighted by Gasteiger charge is 2.36. The zero-order valence-corrected chi connectivity index (χ0v) is 24.4. The summed E-state index contributed by atoms with van der Waals surface area (Å²) in [6.07, 6.45) is 1.03. The lowest BCUT2D eigenvalue weighted by molar-refractivity contribution is -0.138. The third kappa shape index (κ3) is 6.52. The van der Waals surface area contributed by atoms with Gasteiger partial charge in [-0.1, -0.05) is 17.7 Å². The van der Waals surface area contributed by atoms with E-state index in [1.165, 1.54) is 24.5 Å². The first kappa shape index (κ1) is 30.5. The maximum Gasteiger partial charge on any atom is 0.417 e. The minimum atomic E-state index is -4.94. The van der Waals surface area contributed by atoms with Crippen LogP contribution in [0.4, 0.5) is 34.9 Å². The number of pyridine rings is 1. The third-order valence-electron chi connectivity index (χ3n) is 7.95. The first-order valence-corrected chi connectivity index (χ1v) is 14.0. The fourth-order valence-corrected chi connectivity index (χ4v) is 5.52. The van der Waals surface area contributed by atoms with Crippen molar-refractivity contribution in [1.29, 1.82) is 0 Å². The highest BCUT2D eigenvalue weighted by molar-refractivity contribution is 6.30. The van der Waals surface area contributed by atoms with Crippen LogP contribution in [-0.4, -0.2) is 71.1 Å². The molecule has 1 fully saturated rings. The number of rotatable bonds is 5. The molecular weight excluding hydrogens is 590 g/mol. The second-order valence-corrected chi connectivity index (χ2v) is 11.3. The maximum absolute atomic E-state index is 15.8. The summed E-state index contributed by atoms with van der Waals surface area (Å²) in [5.74, 6) is -1.13. The van der Waals surface area contributed by atoms with E-state index in [1.807, 2.05) is 36.8 Å². The summed E-state index contributed by atoms with van der Waals surface area (Å²) in [5.41, 5.74) is -1.69. The summed E-state index contributed by atoms with van der Waals surface area (Å²) in [7, 11) is 1.99. The molecule has 2 aliphatic rings. The number of nitrogens with zero attached hydrogens (tertiary/aromatic N) is 5. The van der Waals surface area contributed by atoms with Gasteiger partial charge in [0.1, 0.15) is 5.82 Å². The van der Waals surface area contributed by atoms with E-state index in [-0.39, 0.29) is 23.3 Å². The number of alkyl halides is 3. The number of aromatic amines is 1. The number of halogens is 5. The zero-order chi connectivity index (χ0) is 31.1. The van der Waals surface area contributed by atoms with Crippen molar-refractivity contribution < 1.29 is 22.4 Å². The van der Waals surface area contributed by atoms with Crippen molar-refractivity contribution in [2.75, 3.05) is 48.3 Å². The number of likely N-dealkylation sites (N-methyl/N-ethyl adjacent to an activating group) is 1. The Morgan fingerprint density at radius 2 is 1.77 bits per heavy atom. The van der Waals surface area contributed by atoms with Crippen LogP contribution < -0.4 is 20.7 Å². The normalized spacial score (nSPS) is 19.8. The molecule has 0 saturated carbocycles. The molecule has 3 aromatic rings. The Morgan fingerprint density at radius 3 is 2.37 bits per heavy atom. The van der Waals surface area contributed by atoms with Gasteiger partial charge >= 0.3 is 6.18 Å². The predicted molar refractivity (Wildman–Crippen MR) is 157 cm³/mol. The minimum Gasteiger partial charge on any atom is -0.367 e. The zero-order valence-electron chi connectivity index (χ0n) is 23.7. The van der Waals surface area contributed by atoms with Crippen LogP contribution in [0.3, 0.4) is 0 Å². The molecule has 0 radical (unpaired) electrons. The van der Waals surface area contributed by atoms with Gasteiger partial charge in [0, 0.05) is 56.1 Å². The number of H-pyrrole nitrogens is 1. The van der Waals surface area contributed by atoms with Crippen molar-refractivity contribution in [1.82, 2.24) is 19.9 Å². The average Bonchev–Trinajstić information content (AvgIpc) is 2.96. The van der Waals surface area contributed by atoms with Crippen LogP contribution in [-0.2, 0) is 6.18 Å². The lowest BCUT2D eigenvalue weighted by atomic mass is 9.97. The fraction of sp³-hybridized carbons (Fsp3) is 0.379. The molecule has 2 unspecified atom stereocenters. The molecule has 2 aliphatic heterocycles. The molecule has 2 N–H and O–H groups in total. The molecule has 0 bridgehead atoms. The molecule has 228 valence electrons. The van der Waals surface area contributed by atoms with Crippen molar-refractivity contribution in [3.63, 3.8) is 0 Å². The predicted octanol–water partition coefficient (Wildman–Crippen LogP) is 5.05. The standard InChI is InChI=1S/C29H30ClF4N7O2/c1-16-14-41(15-17(2)39(16)3)25-10-23(31)20(18-4-6-40(7-5-18)28-36-11-19(30)12-37-28)8-24(25)38-27(43)21-13-35-26(42)9-22(21)29(32,33)34/h4,8-13,16-17H,5-7,14-15H2,1-3H3,(H,35,42)(H,38,43). The molecule has 4 heterocycles. The monoisotopic (exact) mass is 619 g/mol. The van der Waals surface area contributed by atoms with E-state index < -0.39 is 34.6 Å². The number of carbonyl (C=O) groups is 1. The average molecular weight is 620 g/mol. The molecule has 2 aromatic heterocycles. The van der Waals surface area contributed by atoms with E-state index in [0.717, 1.165) is 6.20 Å². The molecule has 43 heavy (non-hydrogen) atoms. The molecular formula is C29H30ClF4N7O2. The lowest BCUT2D eigenvalue weighted by Crippen LogP contribution is -2.55. The topological polar surface area (TPSA) is 97.5 Å². The largest absolute Gasteiger partial charge is 0.417 e. The highest BCUT2D eigenvalue weighted by Crippen LogP contribution is 2.37. The summed E-state index contributed by atoms with van der Waals surface area (Å²) >= 11 is 5.89. The van der Waals surface area contributed by atoms with Gasteiger partial charge in [-0.05, 0) is 45.0 Å². The van der Waals surface area contributed by atoms with Crippen LogP contribution in [0.5, 0.6) is 0 Å². The van der Waals surface area contributed by atoms with Crippen LogP contribution >= 0.6 is 11.6 Å². The van der Waals surface area contributed by atoms with Crippen molar-refractivity contribution in [3.05, 3.63) is 80.7 Å². The van der Waals surface area contributed by atoms with Gasteiger partial charge in [0.05, 0.1) is 39.9 Å². The number of hydrogen-bond donors (Lipinski definition) is 2. The summed E-state index contributed by atoms with van der Waals surface area (Å²) in [4.78, 5) is 41.5. The molecule has 0 spiro atoms. The summed E-state index contributed by atoms with van der Waals surface area (Å²) in [6.45, 7) is 5.92. The molecule has 1 aromatic carbocycles. The van der Waals surface area contributed by atoms with E-state index in [2.05, 4.69) is 25.2 Å². The molecule has 14 heteroatoms. The SMILES string of the molecule is CC1CN(c2cc(F)c(C3=CCN(c4ncc(Cl)cn4)CC3)cc2NC(=O)c2c[nH]c(=O)cc2C(F)(F)F)CC(C)N1C. The van der Waals surface area contributed by atoms with Crippen LogP contribution in [0.15, 0.2) is 47.7 Å². The van der Waals surface area contributed by atoms with E-state index in [4.69, 9.17) is 11.6 Å². The smallest absolute Gasteiger partial charge is 0.367 e. The van der Waals surface area contributed by atoms with Crippen LogP contribution in [0.25, 0.3) is 5.57 Å². The van der Waals surface area contributed by atoms with E-state index in [9.17, 15) is 22.8 Å². The number of anilines is 3. The second-order valence-electron chi connectivity index (χ2n) is 10.8. The van der Waals surface area contributed by atoms with E-state index in [1.54, 1.807) is 0 Å². The maximum atomic E-state index is 15.8. The van der Waals surface area contributed by atoms with Gasteiger partial charge in [0.2, 0.25) is 11.5 Å². The van der Waals surface area contributed by atoms with E-state index >= 15 is 4.39 Å². The van der Waals surface area contributed by atoms with Crippen molar-refractivity contribution in [3.8, 4) is 0 Å². The minimum absolute atomic E-state index is 0.0909. The van der Waals surface area contributed by atoms with Gasteiger partial charge < -0.3 is 20.1 Å². The van der Waals surface area contributed by atoms with Gasteiger partial charge in [-0.3, -0.25) is 14.5 Å². The molecule has 5 rings (SSSR count). The Kier molecular flexibility index (Phi) is 8.48. The molecule has 1 amide bonds. The quantitative estimate of drug-likeness (QED) is 0.386. The second kappa shape index (κ2) is 12.0.